The van der Waals surface area contributed by atoms with Crippen molar-refractivity contribution in [1.82, 2.24) is 14.9 Å². The summed E-state index contributed by atoms with van der Waals surface area (Å²) in [5.41, 5.74) is 3.37. The fraction of sp³-hybridized carbons (Fsp3) is 0.600. The van der Waals surface area contributed by atoms with E-state index in [4.69, 9.17) is 10.9 Å². The normalized spacial score (nSPS) is 21.2. The highest BCUT2D eigenvalue weighted by Crippen LogP contribution is 2.17. The minimum atomic E-state index is 0.276. The van der Waals surface area contributed by atoms with Gasteiger partial charge >= 0.3 is 0 Å². The Hall–Kier alpha value is -1.24. The van der Waals surface area contributed by atoms with Gasteiger partial charge < -0.3 is 10.5 Å². The van der Waals surface area contributed by atoms with Crippen LogP contribution in [-0.4, -0.2) is 39.7 Å². The Labute approximate surface area is 94.5 Å². The Kier molecular flexibility index (Phi) is 3.66. The Morgan fingerprint density at radius 3 is 2.94 bits per heavy atom. The first-order chi connectivity index (χ1) is 7.81. The molecule has 1 unspecified atom stereocenters. The third-order valence-electron chi connectivity index (χ3n) is 2.87. The summed E-state index contributed by atoms with van der Waals surface area (Å²) in [5.74, 6) is 6.19. The van der Waals surface area contributed by atoms with Crippen molar-refractivity contribution in [2.24, 2.45) is 11.8 Å². The molecule has 1 aliphatic rings. The van der Waals surface area contributed by atoms with Gasteiger partial charge in [0.1, 0.15) is 0 Å². The van der Waals surface area contributed by atoms with Crippen LogP contribution in [0.4, 0.5) is 5.82 Å². The average molecular weight is 223 g/mol. The van der Waals surface area contributed by atoms with Crippen LogP contribution in [-0.2, 0) is 6.54 Å². The Bertz CT molecular complexity index is 328. The summed E-state index contributed by atoms with van der Waals surface area (Å²) in [6.07, 6.45) is 4.41. The lowest BCUT2D eigenvalue weighted by molar-refractivity contribution is 0.219. The van der Waals surface area contributed by atoms with Crippen LogP contribution in [0.15, 0.2) is 12.4 Å². The molecule has 0 amide bonds. The number of nitrogens with zero attached hydrogens (tertiary/aromatic N) is 3. The first-order valence-corrected chi connectivity index (χ1v) is 5.42. The van der Waals surface area contributed by atoms with Crippen LogP contribution < -0.4 is 11.3 Å². The summed E-state index contributed by atoms with van der Waals surface area (Å²) in [7, 11) is 0. The first-order valence-electron chi connectivity index (χ1n) is 5.42. The number of hydrogen-bond donors (Lipinski definition) is 3. The summed E-state index contributed by atoms with van der Waals surface area (Å²) < 4.78 is 0. The van der Waals surface area contributed by atoms with E-state index < -0.39 is 0 Å². The minimum Gasteiger partial charge on any atom is -0.396 e. The van der Waals surface area contributed by atoms with Gasteiger partial charge in [0.25, 0.3) is 0 Å². The lowest BCUT2D eigenvalue weighted by Gasteiger charge is -2.14. The van der Waals surface area contributed by atoms with Crippen LogP contribution in [0.3, 0.4) is 0 Å². The maximum atomic E-state index is 9.04. The SMILES string of the molecule is NNc1cnc(CN2CCC(CO)C2)cn1. The molecule has 0 radical (unpaired) electrons. The van der Waals surface area contributed by atoms with E-state index in [1.807, 2.05) is 0 Å². The van der Waals surface area contributed by atoms with E-state index in [1.54, 1.807) is 12.4 Å². The van der Waals surface area contributed by atoms with Crippen molar-refractivity contribution in [3.63, 3.8) is 0 Å². The van der Waals surface area contributed by atoms with Crippen LogP contribution in [0.5, 0.6) is 0 Å². The molecule has 4 N–H and O–H groups in total. The van der Waals surface area contributed by atoms with Crippen LogP contribution >= 0.6 is 0 Å². The molecule has 0 spiro atoms. The second-order valence-electron chi connectivity index (χ2n) is 4.11. The lowest BCUT2D eigenvalue weighted by Crippen LogP contribution is -2.21. The molecule has 0 bridgehead atoms. The second kappa shape index (κ2) is 5.20. The molecular formula is C10H17N5O. The number of aliphatic hydroxyl groups excluding tert-OH is 1. The van der Waals surface area contributed by atoms with Crippen molar-refractivity contribution < 1.29 is 5.11 Å². The van der Waals surface area contributed by atoms with Crippen molar-refractivity contribution >= 4 is 5.82 Å². The molecule has 2 heterocycles. The van der Waals surface area contributed by atoms with Crippen LogP contribution in [0, 0.1) is 5.92 Å². The number of anilines is 1. The minimum absolute atomic E-state index is 0.276. The molecule has 0 aliphatic carbocycles. The van der Waals surface area contributed by atoms with Crippen molar-refractivity contribution in [2.75, 3.05) is 25.1 Å². The van der Waals surface area contributed by atoms with Gasteiger partial charge in [-0.1, -0.05) is 0 Å². The van der Waals surface area contributed by atoms with Crippen molar-refractivity contribution in [3.05, 3.63) is 18.1 Å². The number of aliphatic hydroxyl groups is 1. The fourth-order valence-electron chi connectivity index (χ4n) is 1.95. The van der Waals surface area contributed by atoms with E-state index in [1.165, 1.54) is 0 Å². The molecule has 2 rings (SSSR count). The number of hydrazine groups is 1. The molecule has 1 atom stereocenters. The molecule has 88 valence electrons. The zero-order chi connectivity index (χ0) is 11.4. The van der Waals surface area contributed by atoms with Gasteiger partial charge in [0, 0.05) is 19.7 Å². The van der Waals surface area contributed by atoms with Gasteiger partial charge in [-0.05, 0) is 18.9 Å². The molecular weight excluding hydrogens is 206 g/mol. The molecule has 1 saturated heterocycles. The Morgan fingerprint density at radius 1 is 1.50 bits per heavy atom. The zero-order valence-corrected chi connectivity index (χ0v) is 9.13. The van der Waals surface area contributed by atoms with Gasteiger partial charge in [-0.25, -0.2) is 10.8 Å². The number of likely N-dealkylation sites (tertiary alicyclic amines) is 1. The second-order valence-corrected chi connectivity index (χ2v) is 4.11. The highest BCUT2D eigenvalue weighted by Gasteiger charge is 2.21. The predicted molar refractivity (Wildman–Crippen MR) is 60.3 cm³/mol. The average Bonchev–Trinajstić information content (AvgIpc) is 2.78. The van der Waals surface area contributed by atoms with Crippen molar-refractivity contribution in [3.8, 4) is 0 Å². The van der Waals surface area contributed by atoms with Gasteiger partial charge in [0.05, 0.1) is 18.1 Å². The quantitative estimate of drug-likeness (QED) is 0.474. The van der Waals surface area contributed by atoms with E-state index in [2.05, 4.69) is 20.3 Å². The number of nitrogen functional groups attached to an aromatic ring is 1. The summed E-state index contributed by atoms with van der Waals surface area (Å²) >= 11 is 0. The van der Waals surface area contributed by atoms with Gasteiger partial charge in [-0.15, -0.1) is 0 Å². The highest BCUT2D eigenvalue weighted by molar-refractivity contribution is 5.28. The van der Waals surface area contributed by atoms with Gasteiger partial charge in [-0.2, -0.15) is 0 Å². The lowest BCUT2D eigenvalue weighted by atomic mass is 10.1. The standard InChI is InChI=1S/C10H17N5O/c11-14-10-4-12-9(3-13-10)6-15-2-1-8(5-15)7-16/h3-4,8,16H,1-2,5-7,11H2,(H,13,14). The van der Waals surface area contributed by atoms with Crippen LogP contribution in [0.25, 0.3) is 0 Å². The van der Waals surface area contributed by atoms with E-state index >= 15 is 0 Å². The fourth-order valence-corrected chi connectivity index (χ4v) is 1.95. The van der Waals surface area contributed by atoms with E-state index in [0.717, 1.165) is 31.7 Å². The number of nitrogens with one attached hydrogen (secondary N) is 1. The summed E-state index contributed by atoms with van der Waals surface area (Å²) in [5, 5.41) is 9.04. The van der Waals surface area contributed by atoms with Gasteiger partial charge in [0.2, 0.25) is 0 Å². The van der Waals surface area contributed by atoms with E-state index in [0.29, 0.717) is 11.7 Å². The maximum Gasteiger partial charge on any atom is 0.158 e. The monoisotopic (exact) mass is 223 g/mol. The first kappa shape index (κ1) is 11.3. The number of aromatic nitrogens is 2. The molecule has 6 heteroatoms. The van der Waals surface area contributed by atoms with Gasteiger partial charge in [0.15, 0.2) is 5.82 Å². The van der Waals surface area contributed by atoms with Crippen molar-refractivity contribution in [2.45, 2.75) is 13.0 Å². The number of nitrogens with two attached hydrogens (primary N) is 1. The molecule has 1 aromatic rings. The maximum absolute atomic E-state index is 9.04. The molecule has 6 nitrogen and oxygen atoms in total. The number of hydrogen-bond acceptors (Lipinski definition) is 6. The topological polar surface area (TPSA) is 87.3 Å². The van der Waals surface area contributed by atoms with E-state index in [9.17, 15) is 0 Å². The highest BCUT2D eigenvalue weighted by atomic mass is 16.3. The van der Waals surface area contributed by atoms with Crippen LogP contribution in [0.1, 0.15) is 12.1 Å². The summed E-state index contributed by atoms with van der Waals surface area (Å²) in [4.78, 5) is 10.6. The molecule has 0 saturated carbocycles. The third kappa shape index (κ3) is 2.66. The summed E-state index contributed by atoms with van der Waals surface area (Å²) in [6.45, 7) is 3.02. The smallest absolute Gasteiger partial charge is 0.158 e. The third-order valence-corrected chi connectivity index (χ3v) is 2.87. The molecule has 0 aromatic carbocycles. The van der Waals surface area contributed by atoms with Gasteiger partial charge in [-0.3, -0.25) is 9.88 Å². The predicted octanol–water partition coefficient (Wildman–Crippen LogP) is -0.424. The summed E-state index contributed by atoms with van der Waals surface area (Å²) in [6, 6.07) is 0. The molecule has 1 fully saturated rings. The number of rotatable bonds is 4. The van der Waals surface area contributed by atoms with Crippen LogP contribution in [0.2, 0.25) is 0 Å². The largest absolute Gasteiger partial charge is 0.396 e. The Balaban J connectivity index is 1.89. The molecule has 1 aliphatic heterocycles. The van der Waals surface area contributed by atoms with Crippen molar-refractivity contribution in [1.29, 1.82) is 0 Å². The molecule has 1 aromatic heterocycles. The Morgan fingerprint density at radius 2 is 2.38 bits per heavy atom. The molecule has 16 heavy (non-hydrogen) atoms. The zero-order valence-electron chi connectivity index (χ0n) is 9.13. The van der Waals surface area contributed by atoms with E-state index in [-0.39, 0.29) is 6.61 Å².